The van der Waals surface area contributed by atoms with E-state index in [-0.39, 0.29) is 12.5 Å². The molecule has 1 saturated heterocycles. The highest BCUT2D eigenvalue weighted by Gasteiger charge is 2.40. The molecule has 0 radical (unpaired) electrons. The summed E-state index contributed by atoms with van der Waals surface area (Å²) in [4.78, 5) is 60.6. The molecule has 0 spiro atoms. The summed E-state index contributed by atoms with van der Waals surface area (Å²) in [6, 6.07) is -3.40. The second kappa shape index (κ2) is 10.6. The normalized spacial score (nSPS) is 19.4. The zero-order chi connectivity index (χ0) is 21.4. The first-order chi connectivity index (χ1) is 13.1. The number of carboxylic acid groups (broad SMARTS) is 2. The van der Waals surface area contributed by atoms with Crippen molar-refractivity contribution < 1.29 is 34.2 Å². The van der Waals surface area contributed by atoms with Gasteiger partial charge in [-0.3, -0.25) is 19.2 Å². The lowest BCUT2D eigenvalue weighted by atomic mass is 9.96. The zero-order valence-electron chi connectivity index (χ0n) is 16.0. The third-order valence-electron chi connectivity index (χ3n) is 4.81. The van der Waals surface area contributed by atoms with E-state index in [4.69, 9.17) is 10.8 Å². The minimum absolute atomic E-state index is 0.265. The molecular formula is C17H28N4O7. The number of nitrogens with zero attached hydrogens (tertiary/aromatic N) is 1. The van der Waals surface area contributed by atoms with E-state index < -0.39 is 60.8 Å². The van der Waals surface area contributed by atoms with Gasteiger partial charge in [-0.05, 0) is 18.8 Å². The van der Waals surface area contributed by atoms with Crippen LogP contribution in [0, 0.1) is 5.92 Å². The van der Waals surface area contributed by atoms with E-state index in [1.165, 1.54) is 4.90 Å². The number of nitrogens with one attached hydrogen (secondary N) is 2. The summed E-state index contributed by atoms with van der Waals surface area (Å²) in [5.41, 5.74) is 5.19. The Morgan fingerprint density at radius 1 is 1.18 bits per heavy atom. The number of aliphatic carboxylic acids is 2. The van der Waals surface area contributed by atoms with E-state index in [9.17, 15) is 29.1 Å². The predicted octanol–water partition coefficient (Wildman–Crippen LogP) is -1.49. The monoisotopic (exact) mass is 400 g/mol. The number of carboxylic acids is 2. The standard InChI is InChI=1S/C17H28N4O7/c1-3-9(2)14(16(26)21-6-4-5-11(21)17(27)28)20-15(25)10(7-13(23)24)19-12(22)8-18/h9-11,14H,3-8,18H2,1-2H3,(H,19,22)(H,20,25)(H,23,24)(H,27,28). The number of likely N-dealkylation sites (tertiary alicyclic amines) is 1. The van der Waals surface area contributed by atoms with Crippen LogP contribution in [0.1, 0.15) is 39.5 Å². The van der Waals surface area contributed by atoms with Crippen molar-refractivity contribution in [3.8, 4) is 0 Å². The van der Waals surface area contributed by atoms with Gasteiger partial charge < -0.3 is 31.5 Å². The maximum atomic E-state index is 12.9. The highest BCUT2D eigenvalue weighted by Crippen LogP contribution is 2.21. The number of rotatable bonds is 10. The molecule has 1 aliphatic rings. The van der Waals surface area contributed by atoms with Gasteiger partial charge in [-0.25, -0.2) is 4.79 Å². The van der Waals surface area contributed by atoms with Crippen molar-refractivity contribution in [1.29, 1.82) is 0 Å². The van der Waals surface area contributed by atoms with E-state index in [1.807, 2.05) is 0 Å². The largest absolute Gasteiger partial charge is 0.481 e. The van der Waals surface area contributed by atoms with Gasteiger partial charge in [0.25, 0.3) is 0 Å². The van der Waals surface area contributed by atoms with Crippen LogP contribution in [0.25, 0.3) is 0 Å². The van der Waals surface area contributed by atoms with E-state index in [1.54, 1.807) is 13.8 Å². The summed E-state index contributed by atoms with van der Waals surface area (Å²) in [5, 5.41) is 23.0. The van der Waals surface area contributed by atoms with Crippen LogP contribution in [0.3, 0.4) is 0 Å². The molecule has 1 rings (SSSR count). The van der Waals surface area contributed by atoms with Gasteiger partial charge in [-0.15, -0.1) is 0 Å². The maximum Gasteiger partial charge on any atom is 0.326 e. The summed E-state index contributed by atoms with van der Waals surface area (Å²) in [7, 11) is 0. The van der Waals surface area contributed by atoms with E-state index in [0.717, 1.165) is 0 Å². The molecule has 0 aromatic carbocycles. The van der Waals surface area contributed by atoms with Gasteiger partial charge in [0, 0.05) is 6.54 Å². The molecule has 0 aromatic rings. The molecule has 11 heteroatoms. The molecule has 1 heterocycles. The number of carbonyl (C=O) groups excluding carboxylic acids is 3. The van der Waals surface area contributed by atoms with Crippen LogP contribution >= 0.6 is 0 Å². The predicted molar refractivity (Wildman–Crippen MR) is 97.0 cm³/mol. The molecule has 11 nitrogen and oxygen atoms in total. The molecule has 28 heavy (non-hydrogen) atoms. The number of hydrogen-bond acceptors (Lipinski definition) is 6. The van der Waals surface area contributed by atoms with Gasteiger partial charge in [-0.1, -0.05) is 20.3 Å². The van der Waals surface area contributed by atoms with Gasteiger partial charge in [0.15, 0.2) is 0 Å². The Hall–Kier alpha value is -2.69. The molecule has 1 fully saturated rings. The second-order valence-electron chi connectivity index (χ2n) is 6.82. The Kier molecular flexibility index (Phi) is 8.83. The molecule has 158 valence electrons. The zero-order valence-corrected chi connectivity index (χ0v) is 16.0. The van der Waals surface area contributed by atoms with Crippen LogP contribution in [-0.2, 0) is 24.0 Å². The Bertz CT molecular complexity index is 625. The lowest BCUT2D eigenvalue weighted by Gasteiger charge is -2.31. The van der Waals surface area contributed by atoms with Crippen molar-refractivity contribution in [3.05, 3.63) is 0 Å². The van der Waals surface area contributed by atoms with Gasteiger partial charge in [0.1, 0.15) is 18.1 Å². The highest BCUT2D eigenvalue weighted by molar-refractivity contribution is 5.95. The Morgan fingerprint density at radius 3 is 2.32 bits per heavy atom. The number of hydrogen-bond donors (Lipinski definition) is 5. The lowest BCUT2D eigenvalue weighted by molar-refractivity contribution is -0.150. The average Bonchev–Trinajstić information content (AvgIpc) is 3.13. The summed E-state index contributed by atoms with van der Waals surface area (Å²) in [6.07, 6.45) is 0.704. The Balaban J connectivity index is 3.01. The SMILES string of the molecule is CCC(C)C(NC(=O)C(CC(=O)O)NC(=O)CN)C(=O)N1CCCC1C(=O)O. The molecule has 0 aliphatic carbocycles. The molecule has 1 aliphatic heterocycles. The van der Waals surface area contributed by atoms with Crippen molar-refractivity contribution in [1.82, 2.24) is 15.5 Å². The molecule has 0 aromatic heterocycles. The molecule has 4 atom stereocenters. The fraction of sp³-hybridized carbons (Fsp3) is 0.706. The van der Waals surface area contributed by atoms with Crippen molar-refractivity contribution in [2.75, 3.05) is 13.1 Å². The smallest absolute Gasteiger partial charge is 0.326 e. The molecular weight excluding hydrogens is 372 g/mol. The van der Waals surface area contributed by atoms with Crippen LogP contribution in [-0.4, -0.2) is 76.0 Å². The summed E-state index contributed by atoms with van der Waals surface area (Å²) >= 11 is 0. The van der Waals surface area contributed by atoms with Crippen LogP contribution in [0.4, 0.5) is 0 Å². The van der Waals surface area contributed by atoms with Gasteiger partial charge in [0.05, 0.1) is 13.0 Å². The Morgan fingerprint density at radius 2 is 1.82 bits per heavy atom. The summed E-state index contributed by atoms with van der Waals surface area (Å²) < 4.78 is 0. The number of amides is 3. The fourth-order valence-electron chi connectivity index (χ4n) is 3.04. The topological polar surface area (TPSA) is 179 Å². The van der Waals surface area contributed by atoms with E-state index in [2.05, 4.69) is 10.6 Å². The van der Waals surface area contributed by atoms with Gasteiger partial charge >= 0.3 is 11.9 Å². The third-order valence-corrected chi connectivity index (χ3v) is 4.81. The van der Waals surface area contributed by atoms with Gasteiger partial charge in [-0.2, -0.15) is 0 Å². The Labute approximate surface area is 162 Å². The van der Waals surface area contributed by atoms with Crippen molar-refractivity contribution in [2.24, 2.45) is 11.7 Å². The quantitative estimate of drug-likeness (QED) is 0.294. The minimum Gasteiger partial charge on any atom is -0.481 e. The molecule has 0 saturated carbocycles. The van der Waals surface area contributed by atoms with E-state index in [0.29, 0.717) is 19.3 Å². The minimum atomic E-state index is -1.40. The lowest BCUT2D eigenvalue weighted by Crippen LogP contribution is -2.58. The maximum absolute atomic E-state index is 12.9. The third kappa shape index (κ3) is 6.19. The molecule has 4 unspecified atom stereocenters. The van der Waals surface area contributed by atoms with Crippen LogP contribution in [0.15, 0.2) is 0 Å². The van der Waals surface area contributed by atoms with Crippen LogP contribution in [0.2, 0.25) is 0 Å². The van der Waals surface area contributed by atoms with E-state index >= 15 is 0 Å². The van der Waals surface area contributed by atoms with Crippen LogP contribution < -0.4 is 16.4 Å². The molecule has 6 N–H and O–H groups in total. The fourth-order valence-corrected chi connectivity index (χ4v) is 3.04. The molecule has 3 amide bonds. The van der Waals surface area contributed by atoms with Gasteiger partial charge in [0.2, 0.25) is 17.7 Å². The van der Waals surface area contributed by atoms with Crippen LogP contribution in [0.5, 0.6) is 0 Å². The number of nitrogens with two attached hydrogens (primary N) is 1. The summed E-state index contributed by atoms with van der Waals surface area (Å²) in [5.74, 6) is -4.84. The number of carbonyl (C=O) groups is 5. The van der Waals surface area contributed by atoms with Crippen molar-refractivity contribution in [3.63, 3.8) is 0 Å². The highest BCUT2D eigenvalue weighted by atomic mass is 16.4. The first-order valence-electron chi connectivity index (χ1n) is 9.17. The average molecular weight is 400 g/mol. The van der Waals surface area contributed by atoms with Crippen molar-refractivity contribution in [2.45, 2.75) is 57.7 Å². The first kappa shape index (κ1) is 23.3. The first-order valence-corrected chi connectivity index (χ1v) is 9.17. The summed E-state index contributed by atoms with van der Waals surface area (Å²) in [6.45, 7) is 3.37. The molecule has 0 bridgehead atoms. The second-order valence-corrected chi connectivity index (χ2v) is 6.82. The van der Waals surface area contributed by atoms with Crippen molar-refractivity contribution >= 4 is 29.7 Å².